The summed E-state index contributed by atoms with van der Waals surface area (Å²) in [5.41, 5.74) is 0.494. The van der Waals surface area contributed by atoms with Gasteiger partial charge in [-0.05, 0) is 25.2 Å². The average Bonchev–Trinajstić information content (AvgIpc) is 2.76. The van der Waals surface area contributed by atoms with Gasteiger partial charge >= 0.3 is 0 Å². The Morgan fingerprint density at radius 3 is 2.63 bits per heavy atom. The van der Waals surface area contributed by atoms with Gasteiger partial charge in [0.1, 0.15) is 12.2 Å². The van der Waals surface area contributed by atoms with E-state index in [2.05, 4.69) is 24.2 Å². The van der Waals surface area contributed by atoms with Crippen LogP contribution in [0.4, 0.5) is 0 Å². The van der Waals surface area contributed by atoms with Gasteiger partial charge in [0.2, 0.25) is 5.91 Å². The summed E-state index contributed by atoms with van der Waals surface area (Å²) in [6, 6.07) is 0. The molecule has 3 atom stereocenters. The van der Waals surface area contributed by atoms with E-state index in [-0.39, 0.29) is 12.5 Å². The van der Waals surface area contributed by atoms with E-state index in [9.17, 15) is 9.90 Å². The summed E-state index contributed by atoms with van der Waals surface area (Å²) in [4.78, 5) is 14.1. The molecule has 1 aliphatic heterocycles. The number of likely N-dealkylation sites (tertiary alicyclic amines) is 1. The molecular weight excluding hydrogens is 244 g/mol. The van der Waals surface area contributed by atoms with Crippen molar-refractivity contribution in [3.8, 4) is 0 Å². The third kappa shape index (κ3) is 3.53. The first-order valence-corrected chi connectivity index (χ1v) is 6.81. The second kappa shape index (κ2) is 5.69. The highest BCUT2D eigenvalue weighted by Gasteiger charge is 2.25. The van der Waals surface area contributed by atoms with Gasteiger partial charge in [-0.2, -0.15) is 0 Å². The van der Waals surface area contributed by atoms with E-state index in [0.717, 1.165) is 13.1 Å². The van der Waals surface area contributed by atoms with Gasteiger partial charge in [-0.15, -0.1) is 5.10 Å². The lowest BCUT2D eigenvalue weighted by Gasteiger charge is -2.34. The molecule has 1 saturated heterocycles. The first-order valence-electron chi connectivity index (χ1n) is 6.81. The molecule has 1 aromatic heterocycles. The summed E-state index contributed by atoms with van der Waals surface area (Å²) < 4.78 is 1.49. The number of hydrogen-bond acceptors (Lipinski definition) is 4. The summed E-state index contributed by atoms with van der Waals surface area (Å²) >= 11 is 0. The Kier molecular flexibility index (Phi) is 4.19. The Hall–Kier alpha value is -1.43. The lowest BCUT2D eigenvalue weighted by atomic mass is 9.92. The van der Waals surface area contributed by atoms with E-state index >= 15 is 0 Å². The second-order valence-corrected chi connectivity index (χ2v) is 5.76. The van der Waals surface area contributed by atoms with Gasteiger partial charge in [0.05, 0.1) is 12.3 Å². The zero-order valence-electron chi connectivity index (χ0n) is 11.8. The molecule has 0 bridgehead atoms. The van der Waals surface area contributed by atoms with Crippen LogP contribution in [0.5, 0.6) is 0 Å². The highest BCUT2D eigenvalue weighted by molar-refractivity contribution is 5.76. The highest BCUT2D eigenvalue weighted by Crippen LogP contribution is 2.21. The molecule has 2 rings (SSSR count). The van der Waals surface area contributed by atoms with Gasteiger partial charge in [-0.25, -0.2) is 4.68 Å². The third-order valence-electron chi connectivity index (χ3n) is 3.50. The number of piperidine rings is 1. The fourth-order valence-corrected chi connectivity index (χ4v) is 2.69. The van der Waals surface area contributed by atoms with E-state index in [1.807, 2.05) is 4.90 Å². The Labute approximate surface area is 113 Å². The van der Waals surface area contributed by atoms with Crippen molar-refractivity contribution < 1.29 is 9.90 Å². The summed E-state index contributed by atoms with van der Waals surface area (Å²) in [6.07, 6.45) is 2.15. The Morgan fingerprint density at radius 2 is 2.11 bits per heavy atom. The minimum Gasteiger partial charge on any atom is -0.387 e. The van der Waals surface area contributed by atoms with Gasteiger partial charge in [-0.1, -0.05) is 19.1 Å². The molecule has 0 aliphatic carbocycles. The summed E-state index contributed by atoms with van der Waals surface area (Å²) in [7, 11) is 0. The third-order valence-corrected chi connectivity index (χ3v) is 3.50. The largest absolute Gasteiger partial charge is 0.387 e. The van der Waals surface area contributed by atoms with Crippen molar-refractivity contribution in [3.05, 3.63) is 11.9 Å². The predicted molar refractivity (Wildman–Crippen MR) is 70.2 cm³/mol. The van der Waals surface area contributed by atoms with Crippen molar-refractivity contribution in [3.63, 3.8) is 0 Å². The quantitative estimate of drug-likeness (QED) is 0.880. The molecule has 2 heterocycles. The van der Waals surface area contributed by atoms with Crippen molar-refractivity contribution in [2.24, 2.45) is 11.8 Å². The zero-order valence-corrected chi connectivity index (χ0v) is 11.8. The molecule has 1 fully saturated rings. The predicted octanol–water partition coefficient (Wildman–Crippen LogP) is 0.836. The van der Waals surface area contributed by atoms with Crippen LogP contribution < -0.4 is 0 Å². The molecule has 6 heteroatoms. The molecular formula is C13H22N4O2. The molecule has 1 aromatic rings. The lowest BCUT2D eigenvalue weighted by Crippen LogP contribution is -2.44. The van der Waals surface area contributed by atoms with E-state index in [1.54, 1.807) is 13.1 Å². The smallest absolute Gasteiger partial charge is 0.244 e. The van der Waals surface area contributed by atoms with Crippen LogP contribution in [-0.4, -0.2) is 44.0 Å². The summed E-state index contributed by atoms with van der Waals surface area (Å²) in [6.45, 7) is 7.82. The number of carbonyl (C=O) groups excluding carboxylic acids is 1. The summed E-state index contributed by atoms with van der Waals surface area (Å²) in [5.74, 6) is 1.17. The van der Waals surface area contributed by atoms with Crippen LogP contribution in [0.25, 0.3) is 0 Å². The number of nitrogens with zero attached hydrogens (tertiary/aromatic N) is 4. The first kappa shape index (κ1) is 14.0. The minimum absolute atomic E-state index is 0.0699. The maximum Gasteiger partial charge on any atom is 0.244 e. The highest BCUT2D eigenvalue weighted by atomic mass is 16.3. The number of aliphatic hydroxyl groups is 1. The topological polar surface area (TPSA) is 71.2 Å². The maximum absolute atomic E-state index is 12.2. The Morgan fingerprint density at radius 1 is 1.47 bits per heavy atom. The molecule has 0 radical (unpaired) electrons. The van der Waals surface area contributed by atoms with Gasteiger partial charge in [-0.3, -0.25) is 4.79 Å². The van der Waals surface area contributed by atoms with Gasteiger partial charge in [0.25, 0.3) is 0 Å². The molecule has 106 valence electrons. The van der Waals surface area contributed by atoms with Gasteiger partial charge in [0, 0.05) is 13.1 Å². The molecule has 0 spiro atoms. The Balaban J connectivity index is 1.96. The number of hydrogen-bond donors (Lipinski definition) is 1. The van der Waals surface area contributed by atoms with Crippen LogP contribution >= 0.6 is 0 Å². The van der Waals surface area contributed by atoms with Crippen LogP contribution in [0, 0.1) is 11.8 Å². The van der Waals surface area contributed by atoms with Gasteiger partial charge in [0.15, 0.2) is 0 Å². The number of aliphatic hydroxyl groups excluding tert-OH is 1. The number of amides is 1. The van der Waals surface area contributed by atoms with Crippen LogP contribution in [-0.2, 0) is 11.3 Å². The van der Waals surface area contributed by atoms with Crippen LogP contribution in [0.3, 0.4) is 0 Å². The standard InChI is InChI=1S/C13H22N4O2/c1-9-4-10(2)6-16(5-9)13(19)8-17-7-12(11(3)18)14-15-17/h7,9-11,18H,4-6,8H2,1-3H3. The van der Waals surface area contributed by atoms with Crippen molar-refractivity contribution in [1.82, 2.24) is 19.9 Å². The van der Waals surface area contributed by atoms with Crippen molar-refractivity contribution in [2.75, 3.05) is 13.1 Å². The average molecular weight is 266 g/mol. The van der Waals surface area contributed by atoms with Crippen LogP contribution in [0.2, 0.25) is 0 Å². The molecule has 6 nitrogen and oxygen atoms in total. The normalized spacial score (nSPS) is 25.4. The van der Waals surface area contributed by atoms with Crippen molar-refractivity contribution in [2.45, 2.75) is 39.8 Å². The van der Waals surface area contributed by atoms with E-state index in [4.69, 9.17) is 0 Å². The number of carbonyl (C=O) groups is 1. The zero-order chi connectivity index (χ0) is 14.0. The van der Waals surface area contributed by atoms with E-state index in [0.29, 0.717) is 17.5 Å². The molecule has 0 aromatic carbocycles. The maximum atomic E-state index is 12.2. The first-order chi connectivity index (χ1) is 8.95. The SMILES string of the molecule is CC1CC(C)CN(C(=O)Cn2cc(C(C)O)nn2)C1. The van der Waals surface area contributed by atoms with Crippen LogP contribution in [0.1, 0.15) is 39.0 Å². The van der Waals surface area contributed by atoms with E-state index < -0.39 is 6.10 Å². The fourth-order valence-electron chi connectivity index (χ4n) is 2.69. The fraction of sp³-hybridized carbons (Fsp3) is 0.769. The van der Waals surface area contributed by atoms with Crippen molar-refractivity contribution >= 4 is 5.91 Å². The summed E-state index contributed by atoms with van der Waals surface area (Å²) in [5, 5.41) is 17.1. The molecule has 1 N–H and O–H groups in total. The van der Waals surface area contributed by atoms with Gasteiger partial charge < -0.3 is 10.0 Å². The monoisotopic (exact) mass is 266 g/mol. The van der Waals surface area contributed by atoms with Crippen LogP contribution in [0.15, 0.2) is 6.20 Å². The minimum atomic E-state index is -0.654. The number of rotatable bonds is 3. The number of aromatic nitrogens is 3. The second-order valence-electron chi connectivity index (χ2n) is 5.76. The lowest BCUT2D eigenvalue weighted by molar-refractivity contribution is -0.134. The Bertz CT molecular complexity index is 434. The molecule has 0 saturated carbocycles. The molecule has 19 heavy (non-hydrogen) atoms. The van der Waals surface area contributed by atoms with E-state index in [1.165, 1.54) is 11.1 Å². The molecule has 3 unspecified atom stereocenters. The molecule has 1 amide bonds. The van der Waals surface area contributed by atoms with Crippen molar-refractivity contribution in [1.29, 1.82) is 0 Å². The molecule has 1 aliphatic rings.